The first-order valence-corrected chi connectivity index (χ1v) is 6.87. The quantitative estimate of drug-likeness (QED) is 0.930. The predicted molar refractivity (Wildman–Crippen MR) is 69.0 cm³/mol. The first-order valence-electron chi connectivity index (χ1n) is 6.07. The summed E-state index contributed by atoms with van der Waals surface area (Å²) in [6, 6.07) is 0. The average Bonchev–Trinajstić information content (AvgIpc) is 2.57. The molecule has 4 nitrogen and oxygen atoms in total. The minimum atomic E-state index is -0.736. The molecule has 1 aliphatic heterocycles. The van der Waals surface area contributed by atoms with E-state index in [-0.39, 0.29) is 0 Å². The van der Waals surface area contributed by atoms with Crippen LogP contribution in [0.4, 0.5) is 0 Å². The first kappa shape index (κ1) is 13.1. The molecule has 1 aliphatic rings. The number of hydrogen-bond acceptors (Lipinski definition) is 3. The lowest BCUT2D eigenvalue weighted by molar-refractivity contribution is -0.0855. The maximum Gasteiger partial charge on any atom is 0.0936 e. The van der Waals surface area contributed by atoms with Crippen LogP contribution in [0.25, 0.3) is 0 Å². The van der Waals surface area contributed by atoms with Crippen LogP contribution in [0.3, 0.4) is 0 Å². The van der Waals surface area contributed by atoms with Gasteiger partial charge in [0.1, 0.15) is 0 Å². The van der Waals surface area contributed by atoms with Gasteiger partial charge in [0.05, 0.1) is 28.1 Å². The van der Waals surface area contributed by atoms with Gasteiger partial charge in [0, 0.05) is 19.6 Å². The molecule has 0 saturated carbocycles. The van der Waals surface area contributed by atoms with Crippen molar-refractivity contribution < 1.29 is 9.84 Å². The van der Waals surface area contributed by atoms with Crippen molar-refractivity contribution in [2.75, 3.05) is 13.2 Å². The molecule has 0 radical (unpaired) electrons. The highest BCUT2D eigenvalue weighted by Crippen LogP contribution is 2.29. The van der Waals surface area contributed by atoms with Crippen LogP contribution in [0.5, 0.6) is 0 Å². The summed E-state index contributed by atoms with van der Waals surface area (Å²) in [6.07, 6.45) is 2.32. The molecule has 0 aliphatic carbocycles. The van der Waals surface area contributed by atoms with Crippen LogP contribution in [-0.2, 0) is 17.7 Å². The maximum absolute atomic E-state index is 10.5. The number of ether oxygens (including phenoxy) is 1. The predicted octanol–water partition coefficient (Wildman–Crippen LogP) is 2.06. The van der Waals surface area contributed by atoms with E-state index in [9.17, 15) is 5.11 Å². The van der Waals surface area contributed by atoms with Gasteiger partial charge in [0.2, 0.25) is 0 Å². The largest absolute Gasteiger partial charge is 0.387 e. The lowest BCUT2D eigenvalue weighted by atomic mass is 9.91. The van der Waals surface area contributed by atoms with Crippen molar-refractivity contribution >= 4 is 15.9 Å². The molecule has 0 amide bonds. The van der Waals surface area contributed by atoms with Gasteiger partial charge < -0.3 is 9.84 Å². The van der Waals surface area contributed by atoms with Gasteiger partial charge in [-0.05, 0) is 42.6 Å². The molecule has 1 N–H and O–H groups in total. The van der Waals surface area contributed by atoms with E-state index >= 15 is 0 Å². The fraction of sp³-hybridized carbons (Fsp3) is 0.750. The third kappa shape index (κ3) is 2.72. The van der Waals surface area contributed by atoms with Crippen molar-refractivity contribution in [3.05, 3.63) is 15.9 Å². The van der Waals surface area contributed by atoms with E-state index in [2.05, 4.69) is 28.0 Å². The molecular formula is C12H19BrN2O2. The number of aryl methyl sites for hydroxylation is 2. The molecule has 1 aromatic rings. The Bertz CT molecular complexity index is 397. The van der Waals surface area contributed by atoms with E-state index in [1.165, 1.54) is 0 Å². The molecule has 0 bridgehead atoms. The lowest BCUT2D eigenvalue weighted by Crippen LogP contribution is -2.41. The Kier molecular flexibility index (Phi) is 3.90. The normalized spacial score (nSPS) is 25.2. The molecule has 96 valence electrons. The number of aromatic nitrogens is 2. The van der Waals surface area contributed by atoms with Gasteiger partial charge in [0.15, 0.2) is 0 Å². The molecule has 0 aromatic carbocycles. The van der Waals surface area contributed by atoms with Crippen LogP contribution in [0.15, 0.2) is 4.47 Å². The topological polar surface area (TPSA) is 47.3 Å². The third-order valence-corrected chi connectivity index (χ3v) is 4.28. The van der Waals surface area contributed by atoms with E-state index in [0.717, 1.165) is 41.9 Å². The Hall–Kier alpha value is -0.390. The van der Waals surface area contributed by atoms with Gasteiger partial charge in [-0.25, -0.2) is 0 Å². The van der Waals surface area contributed by atoms with E-state index in [1.54, 1.807) is 0 Å². The molecule has 1 saturated heterocycles. The second-order valence-corrected chi connectivity index (χ2v) is 5.51. The Morgan fingerprint density at radius 2 is 2.35 bits per heavy atom. The van der Waals surface area contributed by atoms with Crippen molar-refractivity contribution in [2.45, 2.75) is 45.3 Å². The van der Waals surface area contributed by atoms with Crippen LogP contribution in [0.1, 0.15) is 31.2 Å². The first-order chi connectivity index (χ1) is 8.06. The summed E-state index contributed by atoms with van der Waals surface area (Å²) in [5.74, 6) is 0. The molecule has 17 heavy (non-hydrogen) atoms. The zero-order chi connectivity index (χ0) is 12.5. The molecular weight excluding hydrogens is 284 g/mol. The fourth-order valence-electron chi connectivity index (χ4n) is 2.33. The minimum absolute atomic E-state index is 0.424. The molecule has 0 spiro atoms. The summed E-state index contributed by atoms with van der Waals surface area (Å²) in [5, 5.41) is 14.9. The monoisotopic (exact) mass is 302 g/mol. The van der Waals surface area contributed by atoms with Gasteiger partial charge >= 0.3 is 0 Å². The Balaban J connectivity index is 2.22. The molecule has 2 heterocycles. The van der Waals surface area contributed by atoms with Gasteiger partial charge in [-0.2, -0.15) is 5.10 Å². The molecule has 5 heteroatoms. The van der Waals surface area contributed by atoms with Gasteiger partial charge in [-0.1, -0.05) is 0 Å². The highest BCUT2D eigenvalue weighted by atomic mass is 79.9. The zero-order valence-electron chi connectivity index (χ0n) is 10.4. The second-order valence-electron chi connectivity index (χ2n) is 4.72. The molecule has 1 fully saturated rings. The average molecular weight is 303 g/mol. The van der Waals surface area contributed by atoms with Crippen LogP contribution >= 0.6 is 15.9 Å². The summed E-state index contributed by atoms with van der Waals surface area (Å²) in [7, 11) is 0. The molecule has 1 unspecified atom stereocenters. The van der Waals surface area contributed by atoms with E-state index < -0.39 is 5.60 Å². The Labute approximate surface area is 110 Å². The molecule has 1 aromatic heterocycles. The number of aliphatic hydroxyl groups is 1. The van der Waals surface area contributed by atoms with Gasteiger partial charge in [-0.15, -0.1) is 0 Å². The molecule has 1 atom stereocenters. The smallest absolute Gasteiger partial charge is 0.0936 e. The summed E-state index contributed by atoms with van der Waals surface area (Å²) in [5.41, 5.74) is 1.31. The van der Waals surface area contributed by atoms with E-state index in [4.69, 9.17) is 4.74 Å². The zero-order valence-corrected chi connectivity index (χ0v) is 12.0. The van der Waals surface area contributed by atoms with Crippen molar-refractivity contribution in [3.8, 4) is 0 Å². The highest BCUT2D eigenvalue weighted by molar-refractivity contribution is 9.10. The molecule has 2 rings (SSSR count). The highest BCUT2D eigenvalue weighted by Gasteiger charge is 2.32. The van der Waals surface area contributed by atoms with E-state index in [1.807, 2.05) is 11.6 Å². The van der Waals surface area contributed by atoms with Crippen LogP contribution in [0.2, 0.25) is 0 Å². The minimum Gasteiger partial charge on any atom is -0.387 e. The Morgan fingerprint density at radius 3 is 2.94 bits per heavy atom. The van der Waals surface area contributed by atoms with Crippen LogP contribution in [0, 0.1) is 6.92 Å². The lowest BCUT2D eigenvalue weighted by Gasteiger charge is -2.32. The number of nitrogens with zero attached hydrogens (tertiary/aromatic N) is 2. The van der Waals surface area contributed by atoms with Crippen LogP contribution in [-0.4, -0.2) is 33.7 Å². The SMILES string of the molecule is CCn1nc(C)c(Br)c1CC1(O)CCCOC1. The van der Waals surface area contributed by atoms with Crippen molar-refractivity contribution in [3.63, 3.8) is 0 Å². The van der Waals surface area contributed by atoms with Crippen molar-refractivity contribution in [1.82, 2.24) is 9.78 Å². The van der Waals surface area contributed by atoms with Crippen LogP contribution < -0.4 is 0 Å². The maximum atomic E-state index is 10.5. The van der Waals surface area contributed by atoms with Gasteiger partial charge in [0.25, 0.3) is 0 Å². The summed E-state index contributed by atoms with van der Waals surface area (Å²) in [6.45, 7) is 6.03. The summed E-state index contributed by atoms with van der Waals surface area (Å²) < 4.78 is 8.35. The number of hydrogen-bond donors (Lipinski definition) is 1. The second kappa shape index (κ2) is 5.08. The van der Waals surface area contributed by atoms with Crippen molar-refractivity contribution in [2.24, 2.45) is 0 Å². The number of halogens is 1. The number of rotatable bonds is 3. The third-order valence-electron chi connectivity index (χ3n) is 3.25. The fourth-order valence-corrected chi connectivity index (χ4v) is 2.75. The summed E-state index contributed by atoms with van der Waals surface area (Å²) >= 11 is 3.56. The van der Waals surface area contributed by atoms with Crippen molar-refractivity contribution in [1.29, 1.82) is 0 Å². The van der Waals surface area contributed by atoms with E-state index in [0.29, 0.717) is 13.0 Å². The standard InChI is InChI=1S/C12H19BrN2O2/c1-3-15-10(11(13)9(2)14-15)7-12(16)5-4-6-17-8-12/h16H,3-8H2,1-2H3. The summed E-state index contributed by atoms with van der Waals surface area (Å²) in [4.78, 5) is 0. The Morgan fingerprint density at radius 1 is 1.59 bits per heavy atom. The van der Waals surface area contributed by atoms with Gasteiger partial charge in [-0.3, -0.25) is 4.68 Å².